The standard InChI is InChI=1S/C4H4O2.C2H6O/c5-4-2-1-3-6-4;1-2-3/h1-2H,3H2;3H,2H2,1H3. The predicted octanol–water partition coefficient (Wildman–Crippen LogP) is 0.0980. The summed E-state index contributed by atoms with van der Waals surface area (Å²) in [6, 6.07) is 0. The zero-order valence-electron chi connectivity index (χ0n) is 5.33. The Bertz CT molecular complexity index is 107. The van der Waals surface area contributed by atoms with E-state index in [1.807, 2.05) is 0 Å². The van der Waals surface area contributed by atoms with Gasteiger partial charge in [-0.25, -0.2) is 4.79 Å². The van der Waals surface area contributed by atoms with Crippen LogP contribution in [0.2, 0.25) is 0 Å². The maximum atomic E-state index is 9.93. The zero-order chi connectivity index (χ0) is 7.11. The van der Waals surface area contributed by atoms with E-state index in [9.17, 15) is 4.79 Å². The van der Waals surface area contributed by atoms with Gasteiger partial charge in [0.2, 0.25) is 0 Å². The molecule has 3 nitrogen and oxygen atoms in total. The van der Waals surface area contributed by atoms with Crippen LogP contribution in [0.1, 0.15) is 6.92 Å². The number of carbonyl (C=O) groups is 1. The van der Waals surface area contributed by atoms with Crippen molar-refractivity contribution in [2.24, 2.45) is 0 Å². The molecule has 0 radical (unpaired) electrons. The molecule has 0 bridgehead atoms. The highest BCUT2D eigenvalue weighted by atomic mass is 16.5. The Labute approximate surface area is 53.9 Å². The Kier molecular flexibility index (Phi) is 4.82. The van der Waals surface area contributed by atoms with Crippen molar-refractivity contribution in [1.82, 2.24) is 0 Å². The molecule has 1 N–H and O–H groups in total. The SMILES string of the molecule is CCO.O=C1C=CCO1. The van der Waals surface area contributed by atoms with Crippen molar-refractivity contribution in [3.8, 4) is 0 Å². The van der Waals surface area contributed by atoms with Gasteiger partial charge in [-0.05, 0) is 13.0 Å². The smallest absolute Gasteiger partial charge is 0.330 e. The Morgan fingerprint density at radius 2 is 2.44 bits per heavy atom. The summed E-state index contributed by atoms with van der Waals surface area (Å²) in [7, 11) is 0. The molecule has 1 heterocycles. The Hall–Kier alpha value is -0.830. The van der Waals surface area contributed by atoms with Crippen LogP contribution in [0.3, 0.4) is 0 Å². The summed E-state index contributed by atoms with van der Waals surface area (Å²) in [5, 5.41) is 7.57. The number of aliphatic hydroxyl groups excluding tert-OH is 1. The lowest BCUT2D eigenvalue weighted by atomic mass is 10.6. The summed E-state index contributed by atoms with van der Waals surface area (Å²) in [5.74, 6) is -0.227. The average molecular weight is 130 g/mol. The molecule has 0 aliphatic carbocycles. The second-order valence-electron chi connectivity index (χ2n) is 1.35. The molecule has 0 spiro atoms. The molecule has 52 valence electrons. The first kappa shape index (κ1) is 8.17. The van der Waals surface area contributed by atoms with Crippen molar-refractivity contribution in [3.63, 3.8) is 0 Å². The van der Waals surface area contributed by atoms with Gasteiger partial charge < -0.3 is 9.84 Å². The lowest BCUT2D eigenvalue weighted by molar-refractivity contribution is -0.134. The third kappa shape index (κ3) is 5.03. The second-order valence-corrected chi connectivity index (χ2v) is 1.35. The summed E-state index contributed by atoms with van der Waals surface area (Å²) in [6.45, 7) is 2.39. The van der Waals surface area contributed by atoms with Gasteiger partial charge in [0.05, 0.1) is 0 Å². The first-order chi connectivity index (χ1) is 4.31. The topological polar surface area (TPSA) is 46.5 Å². The number of carbonyl (C=O) groups excluding carboxylic acids is 1. The van der Waals surface area contributed by atoms with Crippen molar-refractivity contribution in [1.29, 1.82) is 0 Å². The summed E-state index contributed by atoms with van der Waals surface area (Å²) in [4.78, 5) is 9.93. The van der Waals surface area contributed by atoms with Crippen molar-refractivity contribution in [2.45, 2.75) is 6.92 Å². The lowest BCUT2D eigenvalue weighted by Gasteiger charge is -1.81. The van der Waals surface area contributed by atoms with Gasteiger partial charge in [-0.3, -0.25) is 0 Å². The Morgan fingerprint density at radius 1 is 1.89 bits per heavy atom. The molecular formula is C6H10O3. The van der Waals surface area contributed by atoms with Crippen LogP contribution in [-0.4, -0.2) is 24.3 Å². The van der Waals surface area contributed by atoms with Crippen LogP contribution in [0.4, 0.5) is 0 Å². The van der Waals surface area contributed by atoms with Crippen LogP contribution in [0, 0.1) is 0 Å². The van der Waals surface area contributed by atoms with Crippen molar-refractivity contribution >= 4 is 5.97 Å². The molecule has 0 aromatic rings. The normalized spacial score (nSPS) is 14.2. The molecule has 1 aliphatic rings. The summed E-state index contributed by atoms with van der Waals surface area (Å²) >= 11 is 0. The minimum absolute atomic E-state index is 0.227. The van der Waals surface area contributed by atoms with Crippen LogP contribution in [0.5, 0.6) is 0 Å². The molecule has 0 aromatic heterocycles. The number of cyclic esters (lactones) is 1. The number of hydrogen-bond donors (Lipinski definition) is 1. The maximum absolute atomic E-state index is 9.93. The molecule has 9 heavy (non-hydrogen) atoms. The highest BCUT2D eigenvalue weighted by Crippen LogP contribution is 1.89. The maximum Gasteiger partial charge on any atom is 0.330 e. The van der Waals surface area contributed by atoms with E-state index in [0.29, 0.717) is 6.61 Å². The van der Waals surface area contributed by atoms with Gasteiger partial charge in [-0.2, -0.15) is 0 Å². The molecule has 0 fully saturated rings. The Balaban J connectivity index is 0.000000187. The van der Waals surface area contributed by atoms with E-state index in [0.717, 1.165) is 0 Å². The van der Waals surface area contributed by atoms with Gasteiger partial charge in [0, 0.05) is 12.7 Å². The van der Waals surface area contributed by atoms with Crippen LogP contribution in [0.15, 0.2) is 12.2 Å². The number of ether oxygens (including phenoxy) is 1. The minimum Gasteiger partial charge on any atom is -0.458 e. The van der Waals surface area contributed by atoms with Crippen molar-refractivity contribution in [3.05, 3.63) is 12.2 Å². The van der Waals surface area contributed by atoms with Gasteiger partial charge in [0.15, 0.2) is 0 Å². The Morgan fingerprint density at radius 3 is 2.56 bits per heavy atom. The number of esters is 1. The van der Waals surface area contributed by atoms with Gasteiger partial charge in [0.25, 0.3) is 0 Å². The van der Waals surface area contributed by atoms with E-state index < -0.39 is 0 Å². The largest absolute Gasteiger partial charge is 0.458 e. The minimum atomic E-state index is -0.227. The quantitative estimate of drug-likeness (QED) is 0.473. The zero-order valence-corrected chi connectivity index (χ0v) is 5.33. The van der Waals surface area contributed by atoms with Gasteiger partial charge >= 0.3 is 5.97 Å². The summed E-state index contributed by atoms with van der Waals surface area (Å²) < 4.78 is 4.40. The molecule has 0 aromatic carbocycles. The van der Waals surface area contributed by atoms with Crippen LogP contribution in [-0.2, 0) is 9.53 Å². The van der Waals surface area contributed by atoms with E-state index in [1.54, 1.807) is 13.0 Å². The van der Waals surface area contributed by atoms with E-state index >= 15 is 0 Å². The fourth-order valence-electron chi connectivity index (χ4n) is 0.323. The summed E-state index contributed by atoms with van der Waals surface area (Å²) in [5.41, 5.74) is 0. The lowest BCUT2D eigenvalue weighted by Crippen LogP contribution is -1.89. The van der Waals surface area contributed by atoms with Gasteiger partial charge in [0.1, 0.15) is 6.61 Å². The number of hydrogen-bond acceptors (Lipinski definition) is 3. The van der Waals surface area contributed by atoms with Gasteiger partial charge in [-0.1, -0.05) is 0 Å². The molecule has 1 rings (SSSR count). The molecular weight excluding hydrogens is 120 g/mol. The average Bonchev–Trinajstić information content (AvgIpc) is 2.20. The highest BCUT2D eigenvalue weighted by molar-refractivity contribution is 5.83. The molecule has 0 saturated carbocycles. The molecule has 1 aliphatic heterocycles. The number of aliphatic hydroxyl groups is 1. The first-order valence-corrected chi connectivity index (χ1v) is 2.75. The van der Waals surface area contributed by atoms with Crippen molar-refractivity contribution < 1.29 is 14.6 Å². The molecule has 0 unspecified atom stereocenters. The van der Waals surface area contributed by atoms with Crippen LogP contribution < -0.4 is 0 Å². The molecule has 0 atom stereocenters. The third-order valence-corrected chi connectivity index (χ3v) is 0.576. The highest BCUT2D eigenvalue weighted by Gasteiger charge is 1.98. The fraction of sp³-hybridized carbons (Fsp3) is 0.500. The van der Waals surface area contributed by atoms with E-state index in [-0.39, 0.29) is 12.6 Å². The number of rotatable bonds is 0. The summed E-state index contributed by atoms with van der Waals surface area (Å²) in [6.07, 6.45) is 3.10. The monoisotopic (exact) mass is 130 g/mol. The molecule has 0 saturated heterocycles. The first-order valence-electron chi connectivity index (χ1n) is 2.75. The van der Waals surface area contributed by atoms with E-state index in [4.69, 9.17) is 5.11 Å². The molecule has 0 amide bonds. The molecule has 3 heteroatoms. The fourth-order valence-corrected chi connectivity index (χ4v) is 0.323. The second kappa shape index (κ2) is 5.31. The van der Waals surface area contributed by atoms with Gasteiger partial charge in [-0.15, -0.1) is 0 Å². The van der Waals surface area contributed by atoms with Crippen LogP contribution in [0.25, 0.3) is 0 Å². The third-order valence-electron chi connectivity index (χ3n) is 0.576. The van der Waals surface area contributed by atoms with Crippen LogP contribution >= 0.6 is 0 Å². The van der Waals surface area contributed by atoms with E-state index in [1.165, 1.54) is 6.08 Å². The van der Waals surface area contributed by atoms with Crippen molar-refractivity contribution in [2.75, 3.05) is 13.2 Å². The predicted molar refractivity (Wildman–Crippen MR) is 32.9 cm³/mol. The van der Waals surface area contributed by atoms with E-state index in [2.05, 4.69) is 4.74 Å².